The molecule has 0 spiro atoms. The minimum atomic E-state index is 0.755. The standard InChI is InChI=1S/C20H15N3/c1-2-6-16(7-3-1)20-22-11-15(12-23-20)10-18-14-21-13-17-8-4-5-9-19(17)18/h1-9,11-14H,10H2. The Bertz CT molecular complexity index is 926. The van der Waals surface area contributed by atoms with Crippen LogP contribution in [0.25, 0.3) is 22.2 Å². The molecule has 0 aliphatic carbocycles. The van der Waals surface area contributed by atoms with E-state index in [4.69, 9.17) is 0 Å². The molecule has 2 heterocycles. The third-order valence-corrected chi connectivity index (χ3v) is 3.88. The fourth-order valence-corrected chi connectivity index (χ4v) is 2.72. The molecule has 4 aromatic rings. The van der Waals surface area contributed by atoms with Crippen molar-refractivity contribution >= 4 is 10.8 Å². The first-order chi connectivity index (χ1) is 11.4. The zero-order valence-corrected chi connectivity index (χ0v) is 12.6. The van der Waals surface area contributed by atoms with E-state index in [9.17, 15) is 0 Å². The molecule has 23 heavy (non-hydrogen) atoms. The van der Waals surface area contributed by atoms with E-state index in [-0.39, 0.29) is 0 Å². The summed E-state index contributed by atoms with van der Waals surface area (Å²) in [6, 6.07) is 18.3. The monoisotopic (exact) mass is 297 g/mol. The summed E-state index contributed by atoms with van der Waals surface area (Å²) in [6.07, 6.45) is 8.40. The second-order valence-electron chi connectivity index (χ2n) is 5.48. The number of hydrogen-bond donors (Lipinski definition) is 0. The van der Waals surface area contributed by atoms with E-state index in [2.05, 4.69) is 33.2 Å². The molecule has 0 saturated carbocycles. The van der Waals surface area contributed by atoms with Crippen molar-refractivity contribution in [2.24, 2.45) is 0 Å². The normalized spacial score (nSPS) is 10.8. The molecule has 0 unspecified atom stereocenters. The summed E-state index contributed by atoms with van der Waals surface area (Å²) in [5, 5.41) is 2.39. The molecular formula is C20H15N3. The topological polar surface area (TPSA) is 38.7 Å². The Morgan fingerprint density at radius 2 is 1.43 bits per heavy atom. The number of nitrogens with zero attached hydrogens (tertiary/aromatic N) is 3. The summed E-state index contributed by atoms with van der Waals surface area (Å²) < 4.78 is 0. The maximum Gasteiger partial charge on any atom is 0.159 e. The van der Waals surface area contributed by atoms with Crippen LogP contribution in [0.4, 0.5) is 0 Å². The number of pyridine rings is 1. The number of benzene rings is 2. The predicted octanol–water partition coefficient (Wildman–Crippen LogP) is 4.28. The van der Waals surface area contributed by atoms with E-state index in [1.54, 1.807) is 0 Å². The van der Waals surface area contributed by atoms with Gasteiger partial charge >= 0.3 is 0 Å². The minimum absolute atomic E-state index is 0.755. The van der Waals surface area contributed by atoms with E-state index >= 15 is 0 Å². The number of fused-ring (bicyclic) bond motifs is 1. The number of rotatable bonds is 3. The maximum atomic E-state index is 4.49. The Morgan fingerprint density at radius 3 is 2.26 bits per heavy atom. The molecule has 2 aromatic carbocycles. The molecule has 0 atom stereocenters. The van der Waals surface area contributed by atoms with Gasteiger partial charge in [-0.05, 0) is 16.5 Å². The van der Waals surface area contributed by atoms with Gasteiger partial charge < -0.3 is 0 Å². The summed E-state index contributed by atoms with van der Waals surface area (Å²) in [5.74, 6) is 0.755. The third-order valence-electron chi connectivity index (χ3n) is 3.88. The molecular weight excluding hydrogens is 282 g/mol. The lowest BCUT2D eigenvalue weighted by Gasteiger charge is -2.06. The van der Waals surface area contributed by atoms with E-state index in [1.807, 2.05) is 61.2 Å². The number of hydrogen-bond acceptors (Lipinski definition) is 3. The molecule has 0 amide bonds. The second kappa shape index (κ2) is 5.97. The maximum absolute atomic E-state index is 4.49. The predicted molar refractivity (Wildman–Crippen MR) is 92.0 cm³/mol. The smallest absolute Gasteiger partial charge is 0.159 e. The molecule has 0 bridgehead atoms. The van der Waals surface area contributed by atoms with Crippen LogP contribution in [0.15, 0.2) is 79.4 Å². The van der Waals surface area contributed by atoms with Crippen LogP contribution in [0.5, 0.6) is 0 Å². The van der Waals surface area contributed by atoms with Crippen LogP contribution in [0.2, 0.25) is 0 Å². The van der Waals surface area contributed by atoms with Gasteiger partial charge in [0.25, 0.3) is 0 Å². The van der Waals surface area contributed by atoms with E-state index in [1.165, 1.54) is 10.9 Å². The van der Waals surface area contributed by atoms with Crippen LogP contribution >= 0.6 is 0 Å². The Hall–Kier alpha value is -3.07. The highest BCUT2D eigenvalue weighted by Crippen LogP contribution is 2.20. The lowest BCUT2D eigenvalue weighted by Crippen LogP contribution is -1.95. The lowest BCUT2D eigenvalue weighted by atomic mass is 10.0. The van der Waals surface area contributed by atoms with Gasteiger partial charge in [-0.2, -0.15) is 0 Å². The molecule has 0 aliphatic rings. The molecule has 3 heteroatoms. The van der Waals surface area contributed by atoms with Gasteiger partial charge in [-0.1, -0.05) is 54.6 Å². The summed E-state index contributed by atoms with van der Waals surface area (Å²) in [6.45, 7) is 0. The molecule has 0 aliphatic heterocycles. The fourth-order valence-electron chi connectivity index (χ4n) is 2.72. The lowest BCUT2D eigenvalue weighted by molar-refractivity contribution is 1.07. The molecule has 0 saturated heterocycles. The van der Waals surface area contributed by atoms with Crippen molar-refractivity contribution in [2.45, 2.75) is 6.42 Å². The van der Waals surface area contributed by atoms with Crippen molar-refractivity contribution in [3.05, 3.63) is 90.5 Å². The Balaban J connectivity index is 1.64. The van der Waals surface area contributed by atoms with E-state index in [0.29, 0.717) is 0 Å². The zero-order chi connectivity index (χ0) is 15.5. The first-order valence-corrected chi connectivity index (χ1v) is 7.58. The highest BCUT2D eigenvalue weighted by Gasteiger charge is 2.05. The van der Waals surface area contributed by atoms with Gasteiger partial charge in [0, 0.05) is 42.2 Å². The van der Waals surface area contributed by atoms with E-state index < -0.39 is 0 Å². The minimum Gasteiger partial charge on any atom is -0.264 e. The molecule has 0 fully saturated rings. The van der Waals surface area contributed by atoms with Gasteiger partial charge in [-0.25, -0.2) is 9.97 Å². The highest BCUT2D eigenvalue weighted by molar-refractivity contribution is 5.84. The Morgan fingerprint density at radius 1 is 0.696 bits per heavy atom. The Kier molecular flexibility index (Phi) is 3.53. The van der Waals surface area contributed by atoms with Crippen molar-refractivity contribution in [3.63, 3.8) is 0 Å². The number of aromatic nitrogens is 3. The SMILES string of the molecule is c1ccc(-c2ncc(Cc3cncc4ccccc34)cn2)cc1. The average Bonchev–Trinajstić information content (AvgIpc) is 2.63. The second-order valence-corrected chi connectivity index (χ2v) is 5.48. The molecule has 0 N–H and O–H groups in total. The zero-order valence-electron chi connectivity index (χ0n) is 12.6. The highest BCUT2D eigenvalue weighted by atomic mass is 14.9. The van der Waals surface area contributed by atoms with Gasteiger partial charge in [0.1, 0.15) is 0 Å². The van der Waals surface area contributed by atoms with Crippen LogP contribution in [-0.4, -0.2) is 15.0 Å². The van der Waals surface area contributed by atoms with Gasteiger partial charge in [-0.3, -0.25) is 4.98 Å². The summed E-state index contributed by atoms with van der Waals surface area (Å²) in [7, 11) is 0. The third kappa shape index (κ3) is 2.81. The van der Waals surface area contributed by atoms with E-state index in [0.717, 1.165) is 28.8 Å². The molecule has 4 rings (SSSR count). The molecule has 0 radical (unpaired) electrons. The van der Waals surface area contributed by atoms with Crippen molar-refractivity contribution in [1.82, 2.24) is 15.0 Å². The summed E-state index contributed by atoms with van der Waals surface area (Å²) in [5.41, 5.74) is 3.31. The van der Waals surface area contributed by atoms with Gasteiger partial charge in [0.2, 0.25) is 0 Å². The molecule has 3 nitrogen and oxygen atoms in total. The first-order valence-electron chi connectivity index (χ1n) is 7.58. The van der Waals surface area contributed by atoms with Crippen molar-refractivity contribution in [3.8, 4) is 11.4 Å². The van der Waals surface area contributed by atoms with Crippen LogP contribution in [0.1, 0.15) is 11.1 Å². The first kappa shape index (κ1) is 13.6. The van der Waals surface area contributed by atoms with Crippen molar-refractivity contribution < 1.29 is 0 Å². The molecule has 110 valence electrons. The van der Waals surface area contributed by atoms with Gasteiger partial charge in [-0.15, -0.1) is 0 Å². The Labute approximate surface area is 134 Å². The van der Waals surface area contributed by atoms with Crippen LogP contribution in [0, 0.1) is 0 Å². The van der Waals surface area contributed by atoms with Crippen LogP contribution in [-0.2, 0) is 6.42 Å². The molecule has 2 aromatic heterocycles. The fraction of sp³-hybridized carbons (Fsp3) is 0.0500. The van der Waals surface area contributed by atoms with Crippen molar-refractivity contribution in [1.29, 1.82) is 0 Å². The largest absolute Gasteiger partial charge is 0.264 e. The summed E-state index contributed by atoms with van der Waals surface area (Å²) in [4.78, 5) is 13.3. The van der Waals surface area contributed by atoms with Crippen LogP contribution in [0.3, 0.4) is 0 Å². The quantitative estimate of drug-likeness (QED) is 0.566. The van der Waals surface area contributed by atoms with Gasteiger partial charge in [0.05, 0.1) is 0 Å². The van der Waals surface area contributed by atoms with Crippen LogP contribution < -0.4 is 0 Å². The van der Waals surface area contributed by atoms with Crippen molar-refractivity contribution in [2.75, 3.05) is 0 Å². The average molecular weight is 297 g/mol. The van der Waals surface area contributed by atoms with Gasteiger partial charge in [0.15, 0.2) is 5.82 Å². The summed E-state index contributed by atoms with van der Waals surface area (Å²) >= 11 is 0.